The van der Waals surface area contributed by atoms with Gasteiger partial charge in [-0.05, 0) is 42.7 Å². The third-order valence-corrected chi connectivity index (χ3v) is 8.50. The fraction of sp³-hybridized carbons (Fsp3) is 0.231. The van der Waals surface area contributed by atoms with E-state index in [0.717, 1.165) is 16.7 Å². The van der Waals surface area contributed by atoms with E-state index in [-0.39, 0.29) is 23.6 Å². The molecule has 1 atom stereocenters. The van der Waals surface area contributed by atoms with Crippen LogP contribution in [0.15, 0.2) is 82.2 Å². The molecule has 6 nitrogen and oxygen atoms in total. The second-order valence-electron chi connectivity index (χ2n) is 8.16. The summed E-state index contributed by atoms with van der Waals surface area (Å²) >= 11 is 3.32. The molecule has 0 radical (unpaired) electrons. The van der Waals surface area contributed by atoms with Crippen molar-refractivity contribution in [3.8, 4) is 0 Å². The molecule has 0 bridgehead atoms. The molecule has 1 aliphatic rings. The molecule has 4 rings (SSSR count). The van der Waals surface area contributed by atoms with E-state index in [2.05, 4.69) is 15.9 Å². The zero-order valence-electron chi connectivity index (χ0n) is 18.6. The maximum atomic E-state index is 13.5. The second kappa shape index (κ2) is 10.2. The van der Waals surface area contributed by atoms with E-state index in [4.69, 9.17) is 4.74 Å². The Labute approximate surface area is 207 Å². The number of esters is 1. The molecule has 0 saturated carbocycles. The van der Waals surface area contributed by atoms with E-state index in [1.54, 1.807) is 48.5 Å². The van der Waals surface area contributed by atoms with Gasteiger partial charge < -0.3 is 4.74 Å². The Morgan fingerprint density at radius 3 is 2.41 bits per heavy atom. The van der Waals surface area contributed by atoms with Gasteiger partial charge in [-0.2, -0.15) is 4.31 Å². The number of Topliss-reactive ketones (excluding diaryl/α,β-unsaturated/α-hetero) is 1. The highest BCUT2D eigenvalue weighted by Crippen LogP contribution is 2.36. The minimum Gasteiger partial charge on any atom is -0.457 e. The SMILES string of the molecule is Cc1ccc(S(=O)(=O)N2CCc3ccccc3C2CC(=O)OCC(=O)c2ccccc2Br)cc1. The lowest BCUT2D eigenvalue weighted by Crippen LogP contribution is -2.41. The first-order valence-corrected chi connectivity index (χ1v) is 13.1. The number of nitrogens with zero attached hydrogens (tertiary/aromatic N) is 1. The molecular formula is C26H24BrNO5S. The van der Waals surface area contributed by atoms with Crippen molar-refractivity contribution in [3.63, 3.8) is 0 Å². The van der Waals surface area contributed by atoms with Gasteiger partial charge in [0.15, 0.2) is 6.61 Å². The maximum Gasteiger partial charge on any atom is 0.308 e. The van der Waals surface area contributed by atoms with Crippen LogP contribution in [-0.2, 0) is 26.0 Å². The number of ether oxygens (including phenoxy) is 1. The van der Waals surface area contributed by atoms with Gasteiger partial charge in [0.05, 0.1) is 17.4 Å². The van der Waals surface area contributed by atoms with Crippen LogP contribution in [0.3, 0.4) is 0 Å². The highest BCUT2D eigenvalue weighted by atomic mass is 79.9. The highest BCUT2D eigenvalue weighted by molar-refractivity contribution is 9.10. The van der Waals surface area contributed by atoms with Crippen molar-refractivity contribution < 1.29 is 22.7 Å². The fourth-order valence-electron chi connectivity index (χ4n) is 4.10. The Balaban J connectivity index is 1.56. The topological polar surface area (TPSA) is 80.8 Å². The van der Waals surface area contributed by atoms with Crippen LogP contribution < -0.4 is 0 Å². The first-order chi connectivity index (χ1) is 16.3. The van der Waals surface area contributed by atoms with Gasteiger partial charge in [-0.3, -0.25) is 9.59 Å². The van der Waals surface area contributed by atoms with Crippen molar-refractivity contribution in [1.82, 2.24) is 4.31 Å². The van der Waals surface area contributed by atoms with Crippen LogP contribution in [-0.4, -0.2) is 37.6 Å². The third-order valence-electron chi connectivity index (χ3n) is 5.89. The Hall–Kier alpha value is -2.81. The number of carbonyl (C=O) groups excluding carboxylic acids is 2. The molecule has 0 spiro atoms. The number of rotatable bonds is 7. The lowest BCUT2D eigenvalue weighted by Gasteiger charge is -2.36. The van der Waals surface area contributed by atoms with E-state index in [0.29, 0.717) is 16.5 Å². The van der Waals surface area contributed by atoms with Gasteiger partial charge in [0.1, 0.15) is 0 Å². The molecule has 0 N–H and O–H groups in total. The molecule has 176 valence electrons. The first-order valence-electron chi connectivity index (χ1n) is 10.9. The van der Waals surface area contributed by atoms with Crippen LogP contribution in [0, 0.1) is 6.92 Å². The smallest absolute Gasteiger partial charge is 0.308 e. The molecule has 1 aliphatic heterocycles. The summed E-state index contributed by atoms with van der Waals surface area (Å²) in [5.41, 5.74) is 3.15. The lowest BCUT2D eigenvalue weighted by atomic mass is 9.92. The van der Waals surface area contributed by atoms with Crippen LogP contribution in [0.1, 0.15) is 39.5 Å². The van der Waals surface area contributed by atoms with Crippen molar-refractivity contribution in [2.24, 2.45) is 0 Å². The maximum absolute atomic E-state index is 13.5. The summed E-state index contributed by atoms with van der Waals surface area (Å²) < 4.78 is 34.3. The van der Waals surface area contributed by atoms with E-state index in [1.807, 2.05) is 31.2 Å². The Morgan fingerprint density at radius 2 is 1.68 bits per heavy atom. The van der Waals surface area contributed by atoms with Crippen LogP contribution in [0.2, 0.25) is 0 Å². The fourth-order valence-corrected chi connectivity index (χ4v) is 6.21. The van der Waals surface area contributed by atoms with Gasteiger partial charge >= 0.3 is 5.97 Å². The summed E-state index contributed by atoms with van der Waals surface area (Å²) in [4.78, 5) is 25.5. The molecule has 0 amide bonds. The van der Waals surface area contributed by atoms with Crippen molar-refractivity contribution in [2.75, 3.05) is 13.2 Å². The molecule has 0 aliphatic carbocycles. The average molecular weight is 542 g/mol. The monoisotopic (exact) mass is 541 g/mol. The number of benzene rings is 3. The standard InChI is InChI=1S/C26H24BrNO5S/c1-18-10-12-20(13-11-18)34(31,32)28-15-14-19-6-2-3-7-21(19)24(28)16-26(30)33-17-25(29)22-8-4-5-9-23(22)27/h2-13,24H,14-17H2,1H3. The Bertz CT molecular complexity index is 1320. The van der Waals surface area contributed by atoms with E-state index in [9.17, 15) is 18.0 Å². The molecule has 34 heavy (non-hydrogen) atoms. The summed E-state index contributed by atoms with van der Waals surface area (Å²) in [6.07, 6.45) is 0.360. The molecule has 8 heteroatoms. The van der Waals surface area contributed by atoms with Crippen LogP contribution in [0.4, 0.5) is 0 Å². The minimum absolute atomic E-state index is 0.181. The predicted molar refractivity (Wildman–Crippen MR) is 132 cm³/mol. The molecule has 0 aromatic heterocycles. The first kappa shape index (κ1) is 24.3. The molecule has 0 fully saturated rings. The van der Waals surface area contributed by atoms with E-state index < -0.39 is 28.6 Å². The van der Waals surface area contributed by atoms with Crippen molar-refractivity contribution in [2.45, 2.75) is 30.7 Å². The number of fused-ring (bicyclic) bond motifs is 1. The van der Waals surface area contributed by atoms with Crippen LogP contribution in [0.5, 0.6) is 0 Å². The summed E-state index contributed by atoms with van der Waals surface area (Å²) in [5, 5.41) is 0. The molecule has 3 aromatic carbocycles. The third kappa shape index (κ3) is 5.14. The summed E-state index contributed by atoms with van der Waals surface area (Å²) in [5.74, 6) is -0.972. The largest absolute Gasteiger partial charge is 0.457 e. The Morgan fingerprint density at radius 1 is 1.00 bits per heavy atom. The number of hydrogen-bond acceptors (Lipinski definition) is 5. The van der Waals surface area contributed by atoms with Crippen LogP contribution >= 0.6 is 15.9 Å². The van der Waals surface area contributed by atoms with E-state index >= 15 is 0 Å². The van der Waals surface area contributed by atoms with Crippen molar-refractivity contribution in [1.29, 1.82) is 0 Å². The highest BCUT2D eigenvalue weighted by Gasteiger charge is 2.37. The number of ketones is 1. The Kier molecular flexibility index (Phi) is 7.30. The predicted octanol–water partition coefficient (Wildman–Crippen LogP) is 4.86. The van der Waals surface area contributed by atoms with E-state index in [1.165, 1.54) is 4.31 Å². The molecule has 1 unspecified atom stereocenters. The lowest BCUT2D eigenvalue weighted by molar-refractivity contribution is -0.143. The quantitative estimate of drug-likeness (QED) is 0.315. The van der Waals surface area contributed by atoms with Gasteiger partial charge in [0.25, 0.3) is 0 Å². The van der Waals surface area contributed by atoms with Gasteiger partial charge in [-0.25, -0.2) is 8.42 Å². The number of carbonyl (C=O) groups is 2. The number of aryl methyl sites for hydroxylation is 1. The molecule has 3 aromatic rings. The van der Waals surface area contributed by atoms with Crippen molar-refractivity contribution in [3.05, 3.63) is 99.5 Å². The zero-order chi connectivity index (χ0) is 24.3. The van der Waals surface area contributed by atoms with Crippen molar-refractivity contribution >= 4 is 37.7 Å². The molecule has 1 heterocycles. The number of hydrogen-bond donors (Lipinski definition) is 0. The second-order valence-corrected chi connectivity index (χ2v) is 10.9. The molecule has 0 saturated heterocycles. The van der Waals surface area contributed by atoms with Gasteiger partial charge in [-0.1, -0.05) is 76.1 Å². The van der Waals surface area contributed by atoms with Crippen LogP contribution in [0.25, 0.3) is 0 Å². The van der Waals surface area contributed by atoms with Gasteiger partial charge in [0.2, 0.25) is 15.8 Å². The molecular weight excluding hydrogens is 518 g/mol. The number of sulfonamides is 1. The normalized spacial score (nSPS) is 16.0. The number of halogens is 1. The summed E-state index contributed by atoms with van der Waals surface area (Å²) in [6, 6.07) is 20.4. The minimum atomic E-state index is -3.84. The summed E-state index contributed by atoms with van der Waals surface area (Å²) in [7, 11) is -3.84. The van der Waals surface area contributed by atoms with Gasteiger partial charge in [0, 0.05) is 16.6 Å². The summed E-state index contributed by atoms with van der Waals surface area (Å²) in [6.45, 7) is 1.73. The van der Waals surface area contributed by atoms with Gasteiger partial charge in [-0.15, -0.1) is 0 Å². The average Bonchev–Trinajstić information content (AvgIpc) is 2.83. The zero-order valence-corrected chi connectivity index (χ0v) is 21.0.